The zero-order chi connectivity index (χ0) is 14.5. The second kappa shape index (κ2) is 6.92. The lowest BCUT2D eigenvalue weighted by Crippen LogP contribution is -2.36. The van der Waals surface area contributed by atoms with Gasteiger partial charge >= 0.3 is 0 Å². The van der Waals surface area contributed by atoms with Gasteiger partial charge in [-0.2, -0.15) is 0 Å². The summed E-state index contributed by atoms with van der Waals surface area (Å²) < 4.78 is 5.37. The molecule has 0 aromatic heterocycles. The van der Waals surface area contributed by atoms with E-state index in [-0.39, 0.29) is 5.84 Å². The highest BCUT2D eigenvalue weighted by atomic mass is 35.5. The minimum absolute atomic E-state index is 0.0660. The second-order valence-electron chi connectivity index (χ2n) is 5.05. The molecule has 0 atom stereocenters. The average molecular weight is 298 g/mol. The van der Waals surface area contributed by atoms with Crippen LogP contribution in [-0.2, 0) is 11.3 Å². The molecule has 0 saturated carbocycles. The van der Waals surface area contributed by atoms with Gasteiger partial charge in [0.15, 0.2) is 5.84 Å². The van der Waals surface area contributed by atoms with Gasteiger partial charge in [-0.05, 0) is 31.5 Å². The van der Waals surface area contributed by atoms with Gasteiger partial charge in [-0.25, -0.2) is 0 Å². The molecule has 20 heavy (non-hydrogen) atoms. The molecule has 0 radical (unpaired) electrons. The fraction of sp³-hybridized carbons (Fsp3) is 0.500. The first kappa shape index (κ1) is 15.1. The first-order chi connectivity index (χ1) is 9.61. The van der Waals surface area contributed by atoms with E-state index in [1.54, 1.807) is 6.07 Å². The molecule has 1 heterocycles. The Morgan fingerprint density at radius 2 is 2.20 bits per heavy atom. The standard InChI is InChI=1S/C14H20ClN3O2/c1-18(12-4-6-20-7-5-12)9-11-3-2-10(8-13(11)15)14(16)17-19/h2-3,8,12,19H,4-7,9H2,1H3,(H2,16,17). The number of benzene rings is 1. The second-order valence-corrected chi connectivity index (χ2v) is 5.46. The van der Waals surface area contributed by atoms with Crippen molar-refractivity contribution in [1.29, 1.82) is 0 Å². The molecule has 110 valence electrons. The topological polar surface area (TPSA) is 71.1 Å². The van der Waals surface area contributed by atoms with Gasteiger partial charge in [0, 0.05) is 36.4 Å². The minimum atomic E-state index is 0.0660. The summed E-state index contributed by atoms with van der Waals surface area (Å²) in [5.41, 5.74) is 7.21. The van der Waals surface area contributed by atoms with Crippen molar-refractivity contribution in [3.8, 4) is 0 Å². The van der Waals surface area contributed by atoms with E-state index in [1.807, 2.05) is 12.1 Å². The Labute approximate surface area is 124 Å². The number of hydrogen-bond acceptors (Lipinski definition) is 4. The van der Waals surface area contributed by atoms with E-state index in [0.29, 0.717) is 16.6 Å². The summed E-state index contributed by atoms with van der Waals surface area (Å²) in [7, 11) is 2.10. The average Bonchev–Trinajstić information content (AvgIpc) is 2.49. The first-order valence-electron chi connectivity index (χ1n) is 6.66. The van der Waals surface area contributed by atoms with Crippen LogP contribution in [0.4, 0.5) is 0 Å². The Kier molecular flexibility index (Phi) is 5.23. The number of nitrogens with zero attached hydrogens (tertiary/aromatic N) is 2. The van der Waals surface area contributed by atoms with Crippen molar-refractivity contribution in [2.75, 3.05) is 20.3 Å². The third-order valence-corrected chi connectivity index (χ3v) is 4.04. The monoisotopic (exact) mass is 297 g/mol. The summed E-state index contributed by atoms with van der Waals surface area (Å²) in [5.74, 6) is 0.0660. The number of hydrogen-bond donors (Lipinski definition) is 2. The molecule has 6 heteroatoms. The minimum Gasteiger partial charge on any atom is -0.409 e. The quantitative estimate of drug-likeness (QED) is 0.386. The van der Waals surface area contributed by atoms with Crippen molar-refractivity contribution in [3.63, 3.8) is 0 Å². The largest absolute Gasteiger partial charge is 0.409 e. The first-order valence-corrected chi connectivity index (χ1v) is 7.04. The van der Waals surface area contributed by atoms with Crippen molar-refractivity contribution in [1.82, 2.24) is 4.90 Å². The highest BCUT2D eigenvalue weighted by molar-refractivity contribution is 6.31. The molecule has 1 aromatic rings. The lowest BCUT2D eigenvalue weighted by molar-refractivity contribution is 0.0407. The van der Waals surface area contributed by atoms with Gasteiger partial charge in [-0.1, -0.05) is 28.9 Å². The van der Waals surface area contributed by atoms with Crippen LogP contribution in [-0.4, -0.2) is 42.2 Å². The van der Waals surface area contributed by atoms with Crippen LogP contribution >= 0.6 is 11.6 Å². The third-order valence-electron chi connectivity index (χ3n) is 3.69. The fourth-order valence-corrected chi connectivity index (χ4v) is 2.66. The van der Waals surface area contributed by atoms with Crippen LogP contribution in [0.5, 0.6) is 0 Å². The van der Waals surface area contributed by atoms with E-state index >= 15 is 0 Å². The van der Waals surface area contributed by atoms with Gasteiger partial charge in [-0.3, -0.25) is 4.90 Å². The number of amidine groups is 1. The van der Waals surface area contributed by atoms with Gasteiger partial charge < -0.3 is 15.7 Å². The molecule has 0 unspecified atom stereocenters. The van der Waals surface area contributed by atoms with Crippen molar-refractivity contribution in [3.05, 3.63) is 34.3 Å². The number of oxime groups is 1. The maximum Gasteiger partial charge on any atom is 0.170 e. The Morgan fingerprint density at radius 1 is 1.50 bits per heavy atom. The van der Waals surface area contributed by atoms with Gasteiger partial charge in [0.2, 0.25) is 0 Å². The van der Waals surface area contributed by atoms with Crippen LogP contribution in [0.2, 0.25) is 5.02 Å². The van der Waals surface area contributed by atoms with Crippen LogP contribution in [0.3, 0.4) is 0 Å². The van der Waals surface area contributed by atoms with E-state index < -0.39 is 0 Å². The van der Waals surface area contributed by atoms with E-state index in [0.717, 1.165) is 38.2 Å². The molecule has 0 aliphatic carbocycles. The fourth-order valence-electron chi connectivity index (χ4n) is 2.42. The molecule has 1 saturated heterocycles. The molecule has 1 aliphatic heterocycles. The summed E-state index contributed by atoms with van der Waals surface area (Å²) in [6, 6.07) is 5.99. The van der Waals surface area contributed by atoms with Crippen LogP contribution in [0.25, 0.3) is 0 Å². The lowest BCUT2D eigenvalue weighted by atomic mass is 10.1. The molecule has 0 spiro atoms. The molecular weight excluding hydrogens is 278 g/mol. The summed E-state index contributed by atoms with van der Waals surface area (Å²) in [5, 5.41) is 12.3. The molecular formula is C14H20ClN3O2. The van der Waals surface area contributed by atoms with Crippen LogP contribution in [0.1, 0.15) is 24.0 Å². The summed E-state index contributed by atoms with van der Waals surface area (Å²) in [6.45, 7) is 2.43. The predicted octanol–water partition coefficient (Wildman–Crippen LogP) is 2.05. The maximum absolute atomic E-state index is 8.66. The van der Waals surface area contributed by atoms with Crippen molar-refractivity contribution >= 4 is 17.4 Å². The molecule has 0 amide bonds. The molecule has 2 rings (SSSR count). The highest BCUT2D eigenvalue weighted by Crippen LogP contribution is 2.22. The summed E-state index contributed by atoms with van der Waals surface area (Å²) in [6.07, 6.45) is 2.10. The Balaban J connectivity index is 2.05. The van der Waals surface area contributed by atoms with Crippen molar-refractivity contribution in [2.45, 2.75) is 25.4 Å². The van der Waals surface area contributed by atoms with E-state index in [4.69, 9.17) is 27.3 Å². The lowest BCUT2D eigenvalue weighted by Gasteiger charge is -2.31. The normalized spacial score (nSPS) is 17.6. The molecule has 1 fully saturated rings. The predicted molar refractivity (Wildman–Crippen MR) is 79.3 cm³/mol. The van der Waals surface area contributed by atoms with E-state index in [9.17, 15) is 0 Å². The smallest absolute Gasteiger partial charge is 0.170 e. The SMILES string of the molecule is CN(Cc1ccc(/C(N)=N/O)cc1Cl)C1CCOCC1. The number of ether oxygens (including phenoxy) is 1. The van der Waals surface area contributed by atoms with Crippen molar-refractivity contribution < 1.29 is 9.94 Å². The maximum atomic E-state index is 8.66. The Morgan fingerprint density at radius 3 is 2.80 bits per heavy atom. The van der Waals surface area contributed by atoms with Crippen molar-refractivity contribution in [2.24, 2.45) is 10.9 Å². The summed E-state index contributed by atoms with van der Waals surface area (Å²) in [4.78, 5) is 2.30. The van der Waals surface area contributed by atoms with Gasteiger partial charge in [0.25, 0.3) is 0 Å². The molecule has 1 aliphatic rings. The van der Waals surface area contributed by atoms with Crippen LogP contribution in [0, 0.1) is 0 Å². The van der Waals surface area contributed by atoms with E-state index in [1.165, 1.54) is 0 Å². The van der Waals surface area contributed by atoms with E-state index in [2.05, 4.69) is 17.1 Å². The molecule has 3 N–H and O–H groups in total. The summed E-state index contributed by atoms with van der Waals surface area (Å²) >= 11 is 6.27. The molecule has 1 aromatic carbocycles. The third kappa shape index (κ3) is 3.62. The van der Waals surface area contributed by atoms with Gasteiger partial charge in [0.1, 0.15) is 0 Å². The zero-order valence-electron chi connectivity index (χ0n) is 11.6. The van der Waals surface area contributed by atoms with Gasteiger partial charge in [0.05, 0.1) is 0 Å². The Bertz CT molecular complexity index is 487. The zero-order valence-corrected chi connectivity index (χ0v) is 12.3. The number of halogens is 1. The number of rotatable bonds is 4. The molecule has 5 nitrogen and oxygen atoms in total. The Hall–Kier alpha value is -1.30. The molecule has 0 bridgehead atoms. The van der Waals surface area contributed by atoms with Gasteiger partial charge in [-0.15, -0.1) is 0 Å². The number of nitrogens with two attached hydrogens (primary N) is 1. The van der Waals surface area contributed by atoms with Crippen LogP contribution in [0.15, 0.2) is 23.4 Å². The van der Waals surface area contributed by atoms with Crippen LogP contribution < -0.4 is 5.73 Å². The highest BCUT2D eigenvalue weighted by Gasteiger charge is 2.19.